The number of nitrogens with zero attached hydrogens (tertiary/aromatic N) is 2. The highest BCUT2D eigenvalue weighted by molar-refractivity contribution is 7.15. The number of rotatable bonds is 3. The van der Waals surface area contributed by atoms with Crippen LogP contribution in [0.5, 0.6) is 0 Å². The summed E-state index contributed by atoms with van der Waals surface area (Å²) in [6.45, 7) is 0. The number of hydrogen-bond acceptors (Lipinski definition) is 2. The van der Waals surface area contributed by atoms with Crippen LogP contribution in [0.1, 0.15) is 35.8 Å². The van der Waals surface area contributed by atoms with E-state index >= 15 is 0 Å². The van der Waals surface area contributed by atoms with Crippen LogP contribution in [0.4, 0.5) is 8.78 Å². The van der Waals surface area contributed by atoms with Crippen molar-refractivity contribution in [3.8, 4) is 10.7 Å². The summed E-state index contributed by atoms with van der Waals surface area (Å²) in [6, 6.07) is 3.81. The van der Waals surface area contributed by atoms with Crippen LogP contribution in [0.2, 0.25) is 0 Å². The molecule has 2 heterocycles. The van der Waals surface area contributed by atoms with Crippen molar-refractivity contribution >= 4 is 11.3 Å². The lowest BCUT2D eigenvalue weighted by molar-refractivity contribution is 0.146. The zero-order valence-electron chi connectivity index (χ0n) is 9.36. The summed E-state index contributed by atoms with van der Waals surface area (Å²) in [5, 5.41) is 0.703. The molecule has 1 fully saturated rings. The smallest absolute Gasteiger partial charge is 0.281 e. The molecule has 0 aliphatic heterocycles. The molecule has 1 aliphatic rings. The highest BCUT2D eigenvalue weighted by Gasteiger charge is 2.32. The second-order valence-corrected chi connectivity index (χ2v) is 5.38. The quantitative estimate of drug-likeness (QED) is 0.810. The lowest BCUT2D eigenvalue weighted by atomic mass is 10.3. The molecule has 1 aliphatic carbocycles. The first-order valence-electron chi connectivity index (χ1n) is 5.57. The van der Waals surface area contributed by atoms with E-state index in [1.54, 1.807) is 0 Å². The highest BCUT2D eigenvalue weighted by atomic mass is 32.1. The van der Waals surface area contributed by atoms with E-state index in [1.165, 1.54) is 11.3 Å². The molecule has 0 radical (unpaired) electrons. The first-order chi connectivity index (χ1) is 8.16. The zero-order valence-corrected chi connectivity index (χ0v) is 10.2. The zero-order chi connectivity index (χ0) is 12.0. The molecular formula is C12H12F2N2S. The third-order valence-electron chi connectivity index (χ3n) is 3.00. The number of alkyl halides is 2. The maximum atomic E-state index is 12.9. The molecule has 0 atom stereocenters. The monoisotopic (exact) mass is 254 g/mol. The average Bonchev–Trinajstić information content (AvgIpc) is 2.88. The van der Waals surface area contributed by atoms with Crippen LogP contribution in [-0.4, -0.2) is 9.55 Å². The summed E-state index contributed by atoms with van der Waals surface area (Å²) in [6.07, 6.45) is 1.48. The number of aryl methyl sites for hydroxylation is 1. The molecule has 1 saturated carbocycles. The molecule has 2 aromatic rings. The predicted molar refractivity (Wildman–Crippen MR) is 63.5 cm³/mol. The van der Waals surface area contributed by atoms with Gasteiger partial charge in [0.25, 0.3) is 6.43 Å². The minimum absolute atomic E-state index is 0.00583. The summed E-state index contributed by atoms with van der Waals surface area (Å²) in [4.78, 5) is 4.91. The average molecular weight is 254 g/mol. The Balaban J connectivity index is 2.07. The normalized spacial score (nSPS) is 15.8. The molecule has 0 aromatic carbocycles. The third-order valence-corrected chi connectivity index (χ3v) is 4.25. The van der Waals surface area contributed by atoms with Crippen molar-refractivity contribution < 1.29 is 8.78 Å². The van der Waals surface area contributed by atoms with Crippen molar-refractivity contribution in [1.82, 2.24) is 9.55 Å². The Labute approximate surface area is 102 Å². The Morgan fingerprint density at radius 2 is 2.24 bits per heavy atom. The summed E-state index contributed by atoms with van der Waals surface area (Å²) in [5.74, 6) is 0.325. The molecule has 90 valence electrons. The fourth-order valence-corrected chi connectivity index (χ4v) is 3.24. The van der Waals surface area contributed by atoms with Gasteiger partial charge in [-0.25, -0.2) is 13.8 Å². The van der Waals surface area contributed by atoms with Gasteiger partial charge in [-0.2, -0.15) is 0 Å². The van der Waals surface area contributed by atoms with Crippen molar-refractivity contribution in [2.24, 2.45) is 7.05 Å². The van der Waals surface area contributed by atoms with Crippen LogP contribution >= 0.6 is 11.3 Å². The van der Waals surface area contributed by atoms with E-state index in [-0.39, 0.29) is 5.69 Å². The Bertz CT molecular complexity index is 521. The van der Waals surface area contributed by atoms with Crippen LogP contribution in [0.3, 0.4) is 0 Å². The summed E-state index contributed by atoms with van der Waals surface area (Å²) in [7, 11) is 1.90. The van der Waals surface area contributed by atoms with Crippen molar-refractivity contribution in [3.05, 3.63) is 28.9 Å². The molecule has 3 rings (SSSR count). The van der Waals surface area contributed by atoms with Crippen molar-refractivity contribution in [3.63, 3.8) is 0 Å². The Morgan fingerprint density at radius 1 is 1.47 bits per heavy atom. The van der Waals surface area contributed by atoms with E-state index in [9.17, 15) is 8.78 Å². The summed E-state index contributed by atoms with van der Waals surface area (Å²) >= 11 is 1.42. The molecule has 0 N–H and O–H groups in total. The first-order valence-corrected chi connectivity index (χ1v) is 6.39. The van der Waals surface area contributed by atoms with Gasteiger partial charge in [-0.1, -0.05) is 0 Å². The fraction of sp³-hybridized carbons (Fsp3) is 0.417. The molecule has 5 heteroatoms. The van der Waals surface area contributed by atoms with Gasteiger partial charge in [-0.05, 0) is 30.9 Å². The van der Waals surface area contributed by atoms with E-state index in [0.29, 0.717) is 10.9 Å². The SMILES string of the molecule is Cn1cccc1-c1nc(C(F)F)c(C2CC2)s1. The van der Waals surface area contributed by atoms with Gasteiger partial charge in [0.15, 0.2) is 0 Å². The Morgan fingerprint density at radius 3 is 2.76 bits per heavy atom. The fourth-order valence-electron chi connectivity index (χ4n) is 1.93. The second-order valence-electron chi connectivity index (χ2n) is 4.35. The van der Waals surface area contributed by atoms with Crippen LogP contribution < -0.4 is 0 Å². The topological polar surface area (TPSA) is 17.8 Å². The summed E-state index contributed by atoms with van der Waals surface area (Å²) < 4.78 is 27.7. The lowest BCUT2D eigenvalue weighted by Crippen LogP contribution is -1.91. The van der Waals surface area contributed by atoms with E-state index in [2.05, 4.69) is 4.98 Å². The van der Waals surface area contributed by atoms with Gasteiger partial charge in [0.05, 0.1) is 5.69 Å². The Kier molecular flexibility index (Phi) is 2.50. The molecule has 0 amide bonds. The van der Waals surface area contributed by atoms with Gasteiger partial charge in [0.2, 0.25) is 0 Å². The molecule has 0 bridgehead atoms. The number of thiazole rings is 1. The van der Waals surface area contributed by atoms with Gasteiger partial charge in [0, 0.05) is 18.1 Å². The van der Waals surface area contributed by atoms with E-state index < -0.39 is 6.43 Å². The van der Waals surface area contributed by atoms with Crippen molar-refractivity contribution in [2.75, 3.05) is 0 Å². The maximum absolute atomic E-state index is 12.9. The van der Waals surface area contributed by atoms with E-state index in [0.717, 1.165) is 23.4 Å². The molecule has 0 spiro atoms. The number of halogens is 2. The molecule has 0 unspecified atom stereocenters. The van der Waals surface area contributed by atoms with Gasteiger partial charge in [-0.3, -0.25) is 0 Å². The summed E-state index contributed by atoms with van der Waals surface area (Å²) in [5.41, 5.74) is 0.900. The van der Waals surface area contributed by atoms with E-state index in [1.807, 2.05) is 29.9 Å². The highest BCUT2D eigenvalue weighted by Crippen LogP contribution is 2.48. The van der Waals surface area contributed by atoms with Gasteiger partial charge < -0.3 is 4.57 Å². The van der Waals surface area contributed by atoms with Crippen molar-refractivity contribution in [2.45, 2.75) is 25.2 Å². The second kappa shape index (κ2) is 3.91. The lowest BCUT2D eigenvalue weighted by Gasteiger charge is -1.97. The minimum atomic E-state index is -2.46. The molecule has 17 heavy (non-hydrogen) atoms. The van der Waals surface area contributed by atoms with Crippen LogP contribution in [0, 0.1) is 0 Å². The van der Waals surface area contributed by atoms with Gasteiger partial charge in [0.1, 0.15) is 10.7 Å². The van der Waals surface area contributed by atoms with E-state index in [4.69, 9.17) is 0 Å². The van der Waals surface area contributed by atoms with Crippen LogP contribution in [0.25, 0.3) is 10.7 Å². The largest absolute Gasteiger partial charge is 0.349 e. The Hall–Kier alpha value is -1.23. The first kappa shape index (κ1) is 10.9. The van der Waals surface area contributed by atoms with Gasteiger partial charge >= 0.3 is 0 Å². The van der Waals surface area contributed by atoms with Gasteiger partial charge in [-0.15, -0.1) is 11.3 Å². The number of aromatic nitrogens is 2. The van der Waals surface area contributed by atoms with Crippen molar-refractivity contribution in [1.29, 1.82) is 0 Å². The predicted octanol–water partition coefficient (Wildman–Crippen LogP) is 3.96. The molecule has 2 nitrogen and oxygen atoms in total. The van der Waals surface area contributed by atoms with Crippen LogP contribution in [0.15, 0.2) is 18.3 Å². The third kappa shape index (κ3) is 1.88. The molecule has 2 aromatic heterocycles. The number of hydrogen-bond donors (Lipinski definition) is 0. The minimum Gasteiger partial charge on any atom is -0.349 e. The standard InChI is InChI=1S/C12H12F2N2S/c1-16-6-2-3-8(16)12-15-9(11(13)14)10(17-12)7-4-5-7/h2-3,6-7,11H,4-5H2,1H3. The molecule has 0 saturated heterocycles. The molecular weight excluding hydrogens is 242 g/mol. The van der Waals surface area contributed by atoms with Crippen LogP contribution in [-0.2, 0) is 7.05 Å². The maximum Gasteiger partial charge on any atom is 0.281 e.